The fourth-order valence-corrected chi connectivity index (χ4v) is 1.67. The first kappa shape index (κ1) is 10.6. The Hall–Kier alpha value is -1.88. The molecule has 1 unspecified atom stereocenters. The zero-order valence-corrected chi connectivity index (χ0v) is 8.40. The number of benzene rings is 1. The number of hydrogen-bond acceptors (Lipinski definition) is 2. The molecule has 5 heteroatoms. The van der Waals surface area contributed by atoms with Crippen molar-refractivity contribution in [1.29, 1.82) is 0 Å². The highest BCUT2D eigenvalue weighted by Gasteiger charge is 2.18. The molecular weight excluding hydrogens is 211 g/mol. The maximum atomic E-state index is 13.5. The van der Waals surface area contributed by atoms with Crippen molar-refractivity contribution in [2.24, 2.45) is 5.73 Å². The van der Waals surface area contributed by atoms with E-state index in [0.717, 1.165) is 0 Å². The maximum absolute atomic E-state index is 13.5. The van der Waals surface area contributed by atoms with Crippen LogP contribution < -0.4 is 5.73 Å². The summed E-state index contributed by atoms with van der Waals surface area (Å²) in [4.78, 5) is 13.2. The first-order valence-electron chi connectivity index (χ1n) is 4.83. The summed E-state index contributed by atoms with van der Waals surface area (Å²) >= 11 is 0. The number of carbonyl (C=O) groups is 1. The summed E-state index contributed by atoms with van der Waals surface area (Å²) in [6.07, 6.45) is -0.0226. The van der Waals surface area contributed by atoms with Gasteiger partial charge in [0, 0.05) is 22.9 Å². The molecule has 0 saturated heterocycles. The van der Waals surface area contributed by atoms with Crippen molar-refractivity contribution >= 4 is 16.9 Å². The molecule has 1 atom stereocenters. The van der Waals surface area contributed by atoms with Gasteiger partial charge in [-0.25, -0.2) is 0 Å². The van der Waals surface area contributed by atoms with Crippen LogP contribution in [0.2, 0.25) is 0 Å². The molecule has 0 saturated carbocycles. The quantitative estimate of drug-likeness (QED) is 0.731. The fourth-order valence-electron chi connectivity index (χ4n) is 1.67. The molecule has 0 fully saturated rings. The lowest BCUT2D eigenvalue weighted by Gasteiger charge is -2.04. The summed E-state index contributed by atoms with van der Waals surface area (Å²) in [5.74, 6) is -1.65. The van der Waals surface area contributed by atoms with Crippen molar-refractivity contribution in [3.63, 3.8) is 0 Å². The molecule has 4 nitrogen and oxygen atoms in total. The highest BCUT2D eigenvalue weighted by Crippen LogP contribution is 2.22. The minimum atomic E-state index is -1.13. The van der Waals surface area contributed by atoms with E-state index in [1.54, 1.807) is 24.3 Å². The van der Waals surface area contributed by atoms with E-state index in [1.165, 1.54) is 0 Å². The lowest BCUT2D eigenvalue weighted by molar-refractivity contribution is -0.138. The van der Waals surface area contributed by atoms with Gasteiger partial charge in [0.25, 0.3) is 0 Å². The zero-order valence-electron chi connectivity index (χ0n) is 8.40. The molecular formula is C11H11FN2O2. The van der Waals surface area contributed by atoms with Gasteiger partial charge < -0.3 is 15.8 Å². The smallest absolute Gasteiger partial charge is 0.320 e. The van der Waals surface area contributed by atoms with Crippen LogP contribution in [0.1, 0.15) is 5.56 Å². The number of carboxylic acid groups (broad SMARTS) is 1. The van der Waals surface area contributed by atoms with Crippen molar-refractivity contribution in [2.75, 3.05) is 0 Å². The van der Waals surface area contributed by atoms with Crippen LogP contribution in [0.5, 0.6) is 0 Å². The van der Waals surface area contributed by atoms with Crippen LogP contribution >= 0.6 is 0 Å². The van der Waals surface area contributed by atoms with Gasteiger partial charge in [0.15, 0.2) is 5.95 Å². The molecule has 0 amide bonds. The Bertz CT molecular complexity index is 536. The number of aliphatic carboxylic acids is 1. The SMILES string of the molecule is NC(Cc1c(F)[nH]c2ccccc12)C(=O)O. The molecule has 0 radical (unpaired) electrons. The van der Waals surface area contributed by atoms with Gasteiger partial charge in [-0.05, 0) is 6.07 Å². The van der Waals surface area contributed by atoms with E-state index >= 15 is 0 Å². The number of halogens is 1. The van der Waals surface area contributed by atoms with Crippen LogP contribution in [-0.2, 0) is 11.2 Å². The molecule has 84 valence electrons. The first-order chi connectivity index (χ1) is 7.59. The summed E-state index contributed by atoms with van der Waals surface area (Å²) in [5.41, 5.74) is 6.36. The summed E-state index contributed by atoms with van der Waals surface area (Å²) in [6, 6.07) is 5.92. The predicted molar refractivity (Wildman–Crippen MR) is 57.6 cm³/mol. The third-order valence-electron chi connectivity index (χ3n) is 2.50. The Balaban J connectivity index is 2.43. The van der Waals surface area contributed by atoms with E-state index in [4.69, 9.17) is 10.8 Å². The van der Waals surface area contributed by atoms with Crippen molar-refractivity contribution in [3.05, 3.63) is 35.8 Å². The van der Waals surface area contributed by atoms with Gasteiger partial charge in [-0.1, -0.05) is 18.2 Å². The monoisotopic (exact) mass is 222 g/mol. The van der Waals surface area contributed by atoms with Crippen molar-refractivity contribution < 1.29 is 14.3 Å². The molecule has 2 rings (SSSR count). The van der Waals surface area contributed by atoms with Crippen LogP contribution in [0.4, 0.5) is 4.39 Å². The van der Waals surface area contributed by atoms with Gasteiger partial charge in [0.1, 0.15) is 6.04 Å². The van der Waals surface area contributed by atoms with Crippen LogP contribution in [0.3, 0.4) is 0 Å². The minimum Gasteiger partial charge on any atom is -0.480 e. The topological polar surface area (TPSA) is 79.1 Å². The van der Waals surface area contributed by atoms with Gasteiger partial charge in [-0.15, -0.1) is 0 Å². The second kappa shape index (κ2) is 3.94. The fraction of sp³-hybridized carbons (Fsp3) is 0.182. The standard InChI is InChI=1S/C11H11FN2O2/c12-10-7(5-8(13)11(15)16)6-3-1-2-4-9(6)14-10/h1-4,8,14H,5,13H2,(H,15,16). The van der Waals surface area contributed by atoms with Gasteiger partial charge in [-0.3, -0.25) is 4.79 Å². The second-order valence-electron chi connectivity index (χ2n) is 3.61. The molecule has 0 aliphatic rings. The van der Waals surface area contributed by atoms with E-state index in [-0.39, 0.29) is 6.42 Å². The average Bonchev–Trinajstić information content (AvgIpc) is 2.55. The third kappa shape index (κ3) is 1.77. The summed E-state index contributed by atoms with van der Waals surface area (Å²) in [7, 11) is 0. The predicted octanol–water partition coefficient (Wildman–Crippen LogP) is 1.26. The van der Waals surface area contributed by atoms with Gasteiger partial charge in [0.2, 0.25) is 0 Å². The molecule has 0 bridgehead atoms. The molecule has 4 N–H and O–H groups in total. The van der Waals surface area contributed by atoms with Crippen molar-refractivity contribution in [1.82, 2.24) is 4.98 Å². The summed E-state index contributed by atoms with van der Waals surface area (Å²) < 4.78 is 13.5. The molecule has 1 heterocycles. The largest absolute Gasteiger partial charge is 0.480 e. The number of carboxylic acids is 1. The van der Waals surface area contributed by atoms with E-state index < -0.39 is 18.0 Å². The zero-order chi connectivity index (χ0) is 11.7. The van der Waals surface area contributed by atoms with E-state index in [9.17, 15) is 9.18 Å². The lowest BCUT2D eigenvalue weighted by Crippen LogP contribution is -2.32. The number of fused-ring (bicyclic) bond motifs is 1. The Kier molecular flexibility index (Phi) is 2.62. The van der Waals surface area contributed by atoms with Crippen LogP contribution in [0, 0.1) is 5.95 Å². The molecule has 0 spiro atoms. The van der Waals surface area contributed by atoms with Crippen molar-refractivity contribution in [3.8, 4) is 0 Å². The number of aromatic nitrogens is 1. The van der Waals surface area contributed by atoms with E-state index in [2.05, 4.69) is 4.98 Å². The molecule has 0 aliphatic carbocycles. The molecule has 16 heavy (non-hydrogen) atoms. The lowest BCUT2D eigenvalue weighted by atomic mass is 10.1. The molecule has 2 aromatic rings. The van der Waals surface area contributed by atoms with E-state index in [0.29, 0.717) is 16.5 Å². The highest BCUT2D eigenvalue weighted by atomic mass is 19.1. The van der Waals surface area contributed by atoms with Crippen molar-refractivity contribution in [2.45, 2.75) is 12.5 Å². The molecule has 1 aromatic heterocycles. The number of para-hydroxylation sites is 1. The Labute approximate surface area is 90.9 Å². The number of hydrogen-bond donors (Lipinski definition) is 3. The number of nitrogens with one attached hydrogen (secondary N) is 1. The average molecular weight is 222 g/mol. The number of aromatic amines is 1. The number of H-pyrrole nitrogens is 1. The summed E-state index contributed by atoms with van der Waals surface area (Å²) in [6.45, 7) is 0. The van der Waals surface area contributed by atoms with Crippen LogP contribution in [0.25, 0.3) is 10.9 Å². The van der Waals surface area contributed by atoms with Crippen LogP contribution in [-0.4, -0.2) is 22.1 Å². The van der Waals surface area contributed by atoms with E-state index in [1.807, 2.05) is 0 Å². The van der Waals surface area contributed by atoms with Gasteiger partial charge >= 0.3 is 5.97 Å². The number of nitrogens with two attached hydrogens (primary N) is 1. The maximum Gasteiger partial charge on any atom is 0.320 e. The minimum absolute atomic E-state index is 0.0226. The first-order valence-corrected chi connectivity index (χ1v) is 4.83. The normalized spacial score (nSPS) is 12.9. The third-order valence-corrected chi connectivity index (χ3v) is 2.50. The van der Waals surface area contributed by atoms with Gasteiger partial charge in [-0.2, -0.15) is 4.39 Å². The Morgan fingerprint density at radius 2 is 2.19 bits per heavy atom. The number of rotatable bonds is 3. The highest BCUT2D eigenvalue weighted by molar-refractivity contribution is 5.84. The van der Waals surface area contributed by atoms with Gasteiger partial charge in [0.05, 0.1) is 0 Å². The molecule has 0 aliphatic heterocycles. The summed E-state index contributed by atoms with van der Waals surface area (Å²) in [5, 5.41) is 9.36. The second-order valence-corrected chi connectivity index (χ2v) is 3.61. The van der Waals surface area contributed by atoms with Crippen LogP contribution in [0.15, 0.2) is 24.3 Å². The Morgan fingerprint density at radius 1 is 1.50 bits per heavy atom. The molecule has 1 aromatic carbocycles. The Morgan fingerprint density at radius 3 is 2.88 bits per heavy atom.